The van der Waals surface area contributed by atoms with E-state index in [0.717, 1.165) is 24.9 Å². The molecule has 1 aromatic heterocycles. The van der Waals surface area contributed by atoms with Crippen molar-refractivity contribution < 1.29 is 4.42 Å². The number of nitrogens with zero attached hydrogens (tertiary/aromatic N) is 3. The summed E-state index contributed by atoms with van der Waals surface area (Å²) in [5.41, 5.74) is 1.44. The van der Waals surface area contributed by atoms with Gasteiger partial charge in [0.2, 0.25) is 11.8 Å². The lowest BCUT2D eigenvalue weighted by atomic mass is 10.1. The van der Waals surface area contributed by atoms with Gasteiger partial charge in [-0.3, -0.25) is 0 Å². The highest BCUT2D eigenvalue weighted by molar-refractivity contribution is 5.54. The van der Waals surface area contributed by atoms with Crippen LogP contribution in [0, 0.1) is 11.3 Å². The molecule has 0 bridgehead atoms. The predicted molar refractivity (Wildman–Crippen MR) is 75.8 cm³/mol. The summed E-state index contributed by atoms with van der Waals surface area (Å²) in [5.74, 6) is 1.10. The Balaban J connectivity index is 2.16. The quantitative estimate of drug-likeness (QED) is 0.873. The summed E-state index contributed by atoms with van der Waals surface area (Å²) in [5, 5.41) is 20.4. The predicted octanol–water partition coefficient (Wildman–Crippen LogP) is 3.06. The molecule has 1 aromatic carbocycles. The van der Waals surface area contributed by atoms with Crippen molar-refractivity contribution in [2.45, 2.75) is 32.7 Å². The van der Waals surface area contributed by atoms with E-state index >= 15 is 0 Å². The van der Waals surface area contributed by atoms with Crippen molar-refractivity contribution in [3.63, 3.8) is 0 Å². The Morgan fingerprint density at radius 2 is 2.00 bits per heavy atom. The lowest BCUT2D eigenvalue weighted by molar-refractivity contribution is 0.396. The Morgan fingerprint density at radius 3 is 2.60 bits per heavy atom. The first-order valence-corrected chi connectivity index (χ1v) is 6.85. The standard InChI is InChI=1S/C15H18N4O/c1-3-9-17-13(4-2)15-19-18-14(20-15)12-7-5-11(10-16)6-8-12/h5-8,13,17H,3-4,9H2,1-2H3. The number of hydrogen-bond acceptors (Lipinski definition) is 5. The Morgan fingerprint density at radius 1 is 1.25 bits per heavy atom. The van der Waals surface area contributed by atoms with Gasteiger partial charge < -0.3 is 9.73 Å². The second-order valence-electron chi connectivity index (χ2n) is 4.55. The van der Waals surface area contributed by atoms with Gasteiger partial charge in [-0.2, -0.15) is 5.26 Å². The third-order valence-electron chi connectivity index (χ3n) is 3.05. The molecule has 1 N–H and O–H groups in total. The maximum atomic E-state index is 8.78. The smallest absolute Gasteiger partial charge is 0.247 e. The van der Waals surface area contributed by atoms with Crippen molar-refractivity contribution in [1.29, 1.82) is 5.26 Å². The molecule has 0 radical (unpaired) electrons. The van der Waals surface area contributed by atoms with E-state index in [1.165, 1.54) is 0 Å². The van der Waals surface area contributed by atoms with E-state index in [-0.39, 0.29) is 6.04 Å². The van der Waals surface area contributed by atoms with Gasteiger partial charge in [0.1, 0.15) is 0 Å². The number of benzene rings is 1. The number of nitriles is 1. The van der Waals surface area contributed by atoms with E-state index < -0.39 is 0 Å². The van der Waals surface area contributed by atoms with Crippen molar-refractivity contribution in [3.05, 3.63) is 35.7 Å². The molecule has 5 heteroatoms. The molecule has 1 atom stereocenters. The Bertz CT molecular complexity index is 583. The molecule has 0 saturated carbocycles. The zero-order valence-corrected chi connectivity index (χ0v) is 11.8. The van der Waals surface area contributed by atoms with Crippen LogP contribution in [0.25, 0.3) is 11.5 Å². The van der Waals surface area contributed by atoms with E-state index in [1.807, 2.05) is 12.1 Å². The molecule has 1 heterocycles. The molecule has 0 saturated heterocycles. The Labute approximate surface area is 118 Å². The maximum Gasteiger partial charge on any atom is 0.247 e. The number of hydrogen-bond donors (Lipinski definition) is 1. The van der Waals surface area contributed by atoms with Crippen LogP contribution in [0.1, 0.15) is 44.2 Å². The molecule has 0 amide bonds. The van der Waals surface area contributed by atoms with Crippen LogP contribution in [-0.4, -0.2) is 16.7 Å². The molecule has 2 rings (SSSR count). The fourth-order valence-corrected chi connectivity index (χ4v) is 1.90. The summed E-state index contributed by atoms with van der Waals surface area (Å²) >= 11 is 0. The molecule has 0 aliphatic heterocycles. The first kappa shape index (κ1) is 14.2. The summed E-state index contributed by atoms with van der Waals surface area (Å²) < 4.78 is 5.73. The summed E-state index contributed by atoms with van der Waals surface area (Å²) in [6.45, 7) is 5.13. The average molecular weight is 270 g/mol. The minimum atomic E-state index is 0.0922. The summed E-state index contributed by atoms with van der Waals surface area (Å²) in [6.07, 6.45) is 1.96. The van der Waals surface area contributed by atoms with Gasteiger partial charge in [0.25, 0.3) is 0 Å². The molecule has 104 valence electrons. The lowest BCUT2D eigenvalue weighted by Crippen LogP contribution is -2.21. The first-order valence-electron chi connectivity index (χ1n) is 6.85. The van der Waals surface area contributed by atoms with Gasteiger partial charge in [0, 0.05) is 5.56 Å². The van der Waals surface area contributed by atoms with Crippen LogP contribution >= 0.6 is 0 Å². The topological polar surface area (TPSA) is 74.7 Å². The highest BCUT2D eigenvalue weighted by Gasteiger charge is 2.16. The van der Waals surface area contributed by atoms with E-state index in [4.69, 9.17) is 9.68 Å². The van der Waals surface area contributed by atoms with Crippen LogP contribution in [0.5, 0.6) is 0 Å². The van der Waals surface area contributed by atoms with Crippen LogP contribution in [0.4, 0.5) is 0 Å². The number of rotatable bonds is 6. The molecule has 0 spiro atoms. The van der Waals surface area contributed by atoms with Crippen LogP contribution < -0.4 is 5.32 Å². The molecule has 5 nitrogen and oxygen atoms in total. The fraction of sp³-hybridized carbons (Fsp3) is 0.400. The molecule has 2 aromatic rings. The van der Waals surface area contributed by atoms with Crippen molar-refractivity contribution in [2.75, 3.05) is 6.54 Å². The van der Waals surface area contributed by atoms with Crippen LogP contribution in [-0.2, 0) is 0 Å². The normalized spacial score (nSPS) is 12.1. The van der Waals surface area contributed by atoms with Crippen LogP contribution in [0.2, 0.25) is 0 Å². The van der Waals surface area contributed by atoms with Gasteiger partial charge in [-0.1, -0.05) is 13.8 Å². The maximum absolute atomic E-state index is 8.78. The highest BCUT2D eigenvalue weighted by Crippen LogP contribution is 2.22. The number of aromatic nitrogens is 2. The second kappa shape index (κ2) is 6.83. The monoisotopic (exact) mass is 270 g/mol. The van der Waals surface area contributed by atoms with Gasteiger partial charge >= 0.3 is 0 Å². The van der Waals surface area contributed by atoms with E-state index in [9.17, 15) is 0 Å². The first-order chi connectivity index (χ1) is 9.78. The van der Waals surface area contributed by atoms with Gasteiger partial charge in [-0.25, -0.2) is 0 Å². The average Bonchev–Trinajstić information content (AvgIpc) is 2.98. The van der Waals surface area contributed by atoms with E-state index in [0.29, 0.717) is 17.3 Å². The van der Waals surface area contributed by atoms with Crippen molar-refractivity contribution in [3.8, 4) is 17.5 Å². The Kier molecular flexibility index (Phi) is 4.85. The Hall–Kier alpha value is -2.19. The third kappa shape index (κ3) is 3.22. The zero-order chi connectivity index (χ0) is 14.4. The van der Waals surface area contributed by atoms with Gasteiger partial charge in [0.05, 0.1) is 17.7 Å². The number of nitrogens with one attached hydrogen (secondary N) is 1. The minimum absolute atomic E-state index is 0.0922. The molecular weight excluding hydrogens is 252 g/mol. The summed E-state index contributed by atoms with van der Waals surface area (Å²) in [7, 11) is 0. The molecule has 1 unspecified atom stereocenters. The van der Waals surface area contributed by atoms with Crippen LogP contribution in [0.3, 0.4) is 0 Å². The summed E-state index contributed by atoms with van der Waals surface area (Å²) in [4.78, 5) is 0. The second-order valence-corrected chi connectivity index (χ2v) is 4.55. The third-order valence-corrected chi connectivity index (χ3v) is 3.05. The molecular formula is C15H18N4O. The lowest BCUT2D eigenvalue weighted by Gasteiger charge is -2.11. The zero-order valence-electron chi connectivity index (χ0n) is 11.8. The van der Waals surface area contributed by atoms with Crippen molar-refractivity contribution in [2.24, 2.45) is 0 Å². The van der Waals surface area contributed by atoms with Gasteiger partial charge in [-0.15, -0.1) is 10.2 Å². The van der Waals surface area contributed by atoms with Crippen LogP contribution in [0.15, 0.2) is 28.7 Å². The highest BCUT2D eigenvalue weighted by atomic mass is 16.4. The molecule has 0 fully saturated rings. The van der Waals surface area contributed by atoms with E-state index in [1.54, 1.807) is 12.1 Å². The van der Waals surface area contributed by atoms with E-state index in [2.05, 4.69) is 35.4 Å². The fourth-order valence-electron chi connectivity index (χ4n) is 1.90. The molecule has 20 heavy (non-hydrogen) atoms. The summed E-state index contributed by atoms with van der Waals surface area (Å²) in [6, 6.07) is 9.29. The van der Waals surface area contributed by atoms with Crippen molar-refractivity contribution >= 4 is 0 Å². The minimum Gasteiger partial charge on any atom is -0.419 e. The van der Waals surface area contributed by atoms with Gasteiger partial charge in [0.15, 0.2) is 0 Å². The van der Waals surface area contributed by atoms with Gasteiger partial charge in [-0.05, 0) is 43.7 Å². The SMILES string of the molecule is CCCNC(CC)c1nnc(-c2ccc(C#N)cc2)o1. The molecule has 0 aliphatic carbocycles. The molecule has 0 aliphatic rings. The largest absolute Gasteiger partial charge is 0.419 e. The van der Waals surface area contributed by atoms with Crippen molar-refractivity contribution in [1.82, 2.24) is 15.5 Å².